The van der Waals surface area contributed by atoms with Crippen LogP contribution in [-0.2, 0) is 22.7 Å². The summed E-state index contributed by atoms with van der Waals surface area (Å²) in [7, 11) is 0. The molecule has 0 N–H and O–H groups in total. The molecule has 8 nitrogen and oxygen atoms in total. The van der Waals surface area contributed by atoms with E-state index in [1.165, 1.54) is 22.2 Å². The molecule has 0 saturated heterocycles. The van der Waals surface area contributed by atoms with Gasteiger partial charge in [0.25, 0.3) is 11.4 Å². The molecular weight excluding hydrogens is 380 g/mol. The Balaban J connectivity index is 1.43. The first kappa shape index (κ1) is 18.1. The number of nitrogens with zero attached hydrogens (tertiary/aromatic N) is 4. The number of thiophene rings is 1. The predicted molar refractivity (Wildman–Crippen MR) is 103 cm³/mol. The van der Waals surface area contributed by atoms with Crippen LogP contribution in [-0.4, -0.2) is 25.7 Å². The van der Waals surface area contributed by atoms with E-state index in [2.05, 4.69) is 15.2 Å². The number of benzene rings is 1. The van der Waals surface area contributed by atoms with Crippen LogP contribution in [0.4, 0.5) is 0 Å². The number of esters is 1. The van der Waals surface area contributed by atoms with E-state index >= 15 is 0 Å². The topological polar surface area (TPSA) is 100 Å². The quantitative estimate of drug-likeness (QED) is 0.478. The average Bonchev–Trinajstić information content (AvgIpc) is 3.28. The highest BCUT2D eigenvalue weighted by Crippen LogP contribution is 2.25. The summed E-state index contributed by atoms with van der Waals surface area (Å²) < 4.78 is 11.9. The Labute approximate surface area is 163 Å². The number of carbonyl (C=O) groups is 1. The lowest BCUT2D eigenvalue weighted by Crippen LogP contribution is -2.25. The third-order valence-corrected chi connectivity index (χ3v) is 5.41. The largest absolute Gasteiger partial charge is 0.454 e. The van der Waals surface area contributed by atoms with Gasteiger partial charge in [0.1, 0.15) is 11.4 Å². The Morgan fingerprint density at radius 2 is 2.00 bits per heavy atom. The van der Waals surface area contributed by atoms with Gasteiger partial charge in [-0.2, -0.15) is 0 Å². The molecule has 0 spiro atoms. The number of hydrogen-bond acceptors (Lipinski definition) is 8. The molecule has 9 heteroatoms. The Hall–Kier alpha value is -3.33. The van der Waals surface area contributed by atoms with Gasteiger partial charge in [-0.3, -0.25) is 14.2 Å². The van der Waals surface area contributed by atoms with E-state index in [-0.39, 0.29) is 24.6 Å². The van der Waals surface area contributed by atoms with E-state index in [0.29, 0.717) is 16.1 Å². The molecule has 1 aromatic carbocycles. The van der Waals surface area contributed by atoms with Crippen molar-refractivity contribution in [3.8, 4) is 11.5 Å². The normalized spacial score (nSPS) is 11.1. The predicted octanol–water partition coefficient (Wildman–Crippen LogP) is 2.87. The molecular formula is C19H16N4O4S. The second-order valence-electron chi connectivity index (χ2n) is 6.17. The van der Waals surface area contributed by atoms with Crippen LogP contribution in [0.2, 0.25) is 0 Å². The second-order valence-corrected chi connectivity index (χ2v) is 7.37. The summed E-state index contributed by atoms with van der Waals surface area (Å²) in [6.45, 7) is 3.41. The third kappa shape index (κ3) is 3.44. The zero-order valence-electron chi connectivity index (χ0n) is 15.2. The average molecular weight is 396 g/mol. The zero-order chi connectivity index (χ0) is 19.7. The monoisotopic (exact) mass is 396 g/mol. The molecule has 0 saturated carbocycles. The minimum absolute atomic E-state index is 0.167. The van der Waals surface area contributed by atoms with E-state index in [9.17, 15) is 9.59 Å². The Kier molecular flexibility index (Phi) is 4.74. The van der Waals surface area contributed by atoms with Crippen molar-refractivity contribution in [1.82, 2.24) is 19.7 Å². The van der Waals surface area contributed by atoms with Crippen LogP contribution < -0.4 is 5.56 Å². The minimum Gasteiger partial charge on any atom is -0.454 e. The third-order valence-electron chi connectivity index (χ3n) is 4.30. The van der Waals surface area contributed by atoms with Crippen molar-refractivity contribution < 1.29 is 13.9 Å². The van der Waals surface area contributed by atoms with Crippen LogP contribution in [0.5, 0.6) is 0 Å². The highest BCUT2D eigenvalue weighted by molar-refractivity contribution is 7.18. The van der Waals surface area contributed by atoms with Gasteiger partial charge in [0.2, 0.25) is 5.89 Å². The van der Waals surface area contributed by atoms with Gasteiger partial charge in [0.15, 0.2) is 6.61 Å². The molecule has 0 aliphatic carbocycles. The van der Waals surface area contributed by atoms with E-state index < -0.39 is 5.97 Å². The number of fused-ring (bicyclic) bond motifs is 1. The molecule has 28 heavy (non-hydrogen) atoms. The summed E-state index contributed by atoms with van der Waals surface area (Å²) in [6, 6.07) is 9.28. The highest BCUT2D eigenvalue weighted by atomic mass is 32.1. The van der Waals surface area contributed by atoms with Gasteiger partial charge in [-0.25, -0.2) is 4.98 Å². The first-order valence-electron chi connectivity index (χ1n) is 8.51. The number of carbonyl (C=O) groups excluding carboxylic acids is 1. The molecule has 0 aliphatic rings. The number of rotatable bonds is 5. The lowest BCUT2D eigenvalue weighted by Gasteiger charge is -2.05. The Bertz CT molecular complexity index is 1210. The molecule has 3 heterocycles. The van der Waals surface area contributed by atoms with E-state index in [4.69, 9.17) is 9.15 Å². The molecule has 142 valence electrons. The molecule has 0 unspecified atom stereocenters. The van der Waals surface area contributed by atoms with Crippen LogP contribution >= 0.6 is 11.3 Å². The van der Waals surface area contributed by atoms with Crippen LogP contribution in [0.1, 0.15) is 16.3 Å². The van der Waals surface area contributed by atoms with Gasteiger partial charge >= 0.3 is 5.97 Å². The van der Waals surface area contributed by atoms with Crippen molar-refractivity contribution in [2.45, 2.75) is 27.0 Å². The number of aryl methyl sites for hydroxylation is 2. The van der Waals surface area contributed by atoms with Crippen molar-refractivity contribution >= 4 is 27.5 Å². The minimum atomic E-state index is -0.590. The molecule has 3 aromatic heterocycles. The molecule has 0 fully saturated rings. The van der Waals surface area contributed by atoms with Gasteiger partial charge in [-0.1, -0.05) is 18.2 Å². The van der Waals surface area contributed by atoms with E-state index in [0.717, 1.165) is 16.0 Å². The summed E-state index contributed by atoms with van der Waals surface area (Å²) in [5.74, 6) is -0.0643. The van der Waals surface area contributed by atoms with Crippen molar-refractivity contribution in [1.29, 1.82) is 0 Å². The fourth-order valence-corrected chi connectivity index (χ4v) is 3.71. The number of hydrogen-bond donors (Lipinski definition) is 0. The molecule has 0 bridgehead atoms. The van der Waals surface area contributed by atoms with Gasteiger partial charge in [0, 0.05) is 10.4 Å². The van der Waals surface area contributed by atoms with Crippen molar-refractivity contribution in [3.05, 3.63) is 63.3 Å². The SMILES string of the molecule is Cc1sc2ncn(CC(=O)OCc3nnc(-c4ccccc4)o3)c(=O)c2c1C. The van der Waals surface area contributed by atoms with Gasteiger partial charge in [-0.05, 0) is 31.5 Å². The first-order chi connectivity index (χ1) is 13.5. The maximum atomic E-state index is 12.6. The maximum absolute atomic E-state index is 12.6. The fraction of sp³-hybridized carbons (Fsp3) is 0.211. The van der Waals surface area contributed by atoms with E-state index in [1.54, 1.807) is 0 Å². The maximum Gasteiger partial charge on any atom is 0.326 e. The van der Waals surface area contributed by atoms with Crippen molar-refractivity contribution in [3.63, 3.8) is 0 Å². The first-order valence-corrected chi connectivity index (χ1v) is 9.33. The molecule has 4 rings (SSSR count). The smallest absolute Gasteiger partial charge is 0.326 e. The van der Waals surface area contributed by atoms with Gasteiger partial charge in [0.05, 0.1) is 11.7 Å². The molecule has 0 atom stereocenters. The lowest BCUT2D eigenvalue weighted by molar-refractivity contribution is -0.146. The van der Waals surface area contributed by atoms with Crippen molar-refractivity contribution in [2.75, 3.05) is 0 Å². The Morgan fingerprint density at radius 1 is 1.21 bits per heavy atom. The molecule has 4 aromatic rings. The summed E-state index contributed by atoms with van der Waals surface area (Å²) in [5.41, 5.74) is 1.41. The van der Waals surface area contributed by atoms with Crippen molar-refractivity contribution in [2.24, 2.45) is 0 Å². The van der Waals surface area contributed by atoms with Gasteiger partial charge < -0.3 is 9.15 Å². The van der Waals surface area contributed by atoms with Crippen LogP contribution in [0.25, 0.3) is 21.7 Å². The van der Waals surface area contributed by atoms with Gasteiger partial charge in [-0.15, -0.1) is 21.5 Å². The summed E-state index contributed by atoms with van der Waals surface area (Å²) in [6.07, 6.45) is 1.36. The molecule has 0 amide bonds. The lowest BCUT2D eigenvalue weighted by atomic mass is 10.2. The Morgan fingerprint density at radius 3 is 2.79 bits per heavy atom. The summed E-state index contributed by atoms with van der Waals surface area (Å²) in [4.78, 5) is 30.7. The van der Waals surface area contributed by atoms with E-state index in [1.807, 2.05) is 44.2 Å². The number of ether oxygens (including phenoxy) is 1. The second kappa shape index (κ2) is 7.35. The fourth-order valence-electron chi connectivity index (χ4n) is 2.72. The molecule has 0 radical (unpaired) electrons. The van der Waals surface area contributed by atoms with Crippen LogP contribution in [0.3, 0.4) is 0 Å². The summed E-state index contributed by atoms with van der Waals surface area (Å²) in [5, 5.41) is 8.35. The highest BCUT2D eigenvalue weighted by Gasteiger charge is 2.15. The summed E-state index contributed by atoms with van der Waals surface area (Å²) >= 11 is 1.46. The molecule has 0 aliphatic heterocycles. The van der Waals surface area contributed by atoms with Crippen LogP contribution in [0.15, 0.2) is 45.9 Å². The van der Waals surface area contributed by atoms with Crippen LogP contribution in [0, 0.1) is 13.8 Å². The standard InChI is InChI=1S/C19H16N4O4S/c1-11-12(2)28-18-16(11)19(25)23(10-20-18)8-15(24)26-9-14-21-22-17(27-14)13-6-4-3-5-7-13/h3-7,10H,8-9H2,1-2H3. The number of aromatic nitrogens is 4. The zero-order valence-corrected chi connectivity index (χ0v) is 16.0.